The van der Waals surface area contributed by atoms with Crippen molar-refractivity contribution in [2.24, 2.45) is 0 Å². The van der Waals surface area contributed by atoms with Crippen LogP contribution in [0.25, 0.3) is 11.0 Å². The summed E-state index contributed by atoms with van der Waals surface area (Å²) in [6, 6.07) is 12.7. The first-order valence-electron chi connectivity index (χ1n) is 8.37. The number of hydrogen-bond donors (Lipinski definition) is 3. The van der Waals surface area contributed by atoms with Gasteiger partial charge in [0.1, 0.15) is 17.2 Å². The summed E-state index contributed by atoms with van der Waals surface area (Å²) >= 11 is 1.56. The van der Waals surface area contributed by atoms with E-state index in [1.807, 2.05) is 18.2 Å². The molecule has 9 heteroatoms. The van der Waals surface area contributed by atoms with Crippen LogP contribution in [0.15, 0.2) is 66.1 Å². The number of hydrogen-bond acceptors (Lipinski definition) is 5. The zero-order valence-corrected chi connectivity index (χ0v) is 15.3. The molecule has 0 radical (unpaired) electrons. The van der Waals surface area contributed by atoms with Crippen LogP contribution < -0.4 is 10.6 Å². The summed E-state index contributed by atoms with van der Waals surface area (Å²) in [4.78, 5) is 20.6. The van der Waals surface area contributed by atoms with Gasteiger partial charge in [-0.15, -0.1) is 11.8 Å². The van der Waals surface area contributed by atoms with Gasteiger partial charge in [0.15, 0.2) is 5.65 Å². The zero-order valence-electron chi connectivity index (χ0n) is 14.5. The second-order valence-electron chi connectivity index (χ2n) is 5.89. The second-order valence-corrected chi connectivity index (χ2v) is 6.85. The lowest BCUT2D eigenvalue weighted by Crippen LogP contribution is -2.19. The van der Waals surface area contributed by atoms with Crippen molar-refractivity contribution in [3.8, 4) is 0 Å². The Morgan fingerprint density at radius 2 is 1.89 bits per heavy atom. The molecule has 28 heavy (non-hydrogen) atoms. The molecule has 7 nitrogen and oxygen atoms in total. The molecule has 2 amide bonds. The van der Waals surface area contributed by atoms with E-state index in [9.17, 15) is 9.18 Å². The molecule has 0 aliphatic heterocycles. The molecule has 0 atom stereocenters. The van der Waals surface area contributed by atoms with Crippen LogP contribution in [-0.4, -0.2) is 26.2 Å². The minimum absolute atomic E-state index is 0.354. The SMILES string of the molecule is O=C(Nc1ccc(F)cc1)Nc1cccc(CSc2ncnc3[nH]ncc23)c1. The van der Waals surface area contributed by atoms with Crippen LogP contribution >= 0.6 is 11.8 Å². The number of fused-ring (bicyclic) bond motifs is 1. The van der Waals surface area contributed by atoms with E-state index in [1.54, 1.807) is 24.0 Å². The van der Waals surface area contributed by atoms with Crippen LogP contribution in [0.3, 0.4) is 0 Å². The van der Waals surface area contributed by atoms with Crippen LogP contribution in [0.4, 0.5) is 20.6 Å². The Bertz CT molecular complexity index is 1110. The number of nitrogens with one attached hydrogen (secondary N) is 3. The highest BCUT2D eigenvalue weighted by molar-refractivity contribution is 7.98. The Morgan fingerprint density at radius 1 is 1.07 bits per heavy atom. The quantitative estimate of drug-likeness (QED) is 0.344. The lowest BCUT2D eigenvalue weighted by atomic mass is 10.2. The zero-order chi connectivity index (χ0) is 19.3. The van der Waals surface area contributed by atoms with Gasteiger partial charge in [0, 0.05) is 17.1 Å². The molecule has 4 aromatic rings. The topological polar surface area (TPSA) is 95.6 Å². The summed E-state index contributed by atoms with van der Waals surface area (Å²) < 4.78 is 12.9. The van der Waals surface area contributed by atoms with Gasteiger partial charge in [-0.3, -0.25) is 5.10 Å². The predicted octanol–water partition coefficient (Wildman–Crippen LogP) is 4.43. The smallest absolute Gasteiger partial charge is 0.308 e. The molecule has 3 N–H and O–H groups in total. The third-order valence-electron chi connectivity index (χ3n) is 3.87. The van der Waals surface area contributed by atoms with Gasteiger partial charge in [-0.25, -0.2) is 19.2 Å². The highest BCUT2D eigenvalue weighted by Gasteiger charge is 2.08. The summed E-state index contributed by atoms with van der Waals surface area (Å²) in [6.45, 7) is 0. The molecule has 2 aromatic heterocycles. The standard InChI is InChI=1S/C19H15FN6OS/c20-13-4-6-14(7-5-13)24-19(27)25-15-3-1-2-12(8-15)10-28-18-16-9-23-26-17(16)21-11-22-18/h1-9,11H,10H2,(H2,24,25,27)(H,21,22,23,26). The molecule has 0 saturated heterocycles. The van der Waals surface area contributed by atoms with Gasteiger partial charge in [-0.2, -0.15) is 5.10 Å². The number of H-pyrrole nitrogens is 1. The lowest BCUT2D eigenvalue weighted by molar-refractivity contribution is 0.262. The van der Waals surface area contributed by atoms with Crippen LogP contribution in [-0.2, 0) is 5.75 Å². The van der Waals surface area contributed by atoms with E-state index in [4.69, 9.17) is 0 Å². The molecule has 0 aliphatic rings. The van der Waals surface area contributed by atoms with Crippen molar-refractivity contribution in [3.63, 3.8) is 0 Å². The van der Waals surface area contributed by atoms with Crippen LogP contribution in [0.1, 0.15) is 5.56 Å². The van der Waals surface area contributed by atoms with Crippen molar-refractivity contribution >= 4 is 40.2 Å². The number of rotatable bonds is 5. The number of aromatic nitrogens is 4. The Kier molecular flexibility index (Phi) is 5.16. The summed E-state index contributed by atoms with van der Waals surface area (Å²) in [5.41, 5.74) is 2.90. The number of carbonyl (C=O) groups is 1. The maximum Gasteiger partial charge on any atom is 0.323 e. The van der Waals surface area contributed by atoms with Crippen molar-refractivity contribution in [3.05, 3.63) is 72.4 Å². The summed E-state index contributed by atoms with van der Waals surface area (Å²) in [7, 11) is 0. The highest BCUT2D eigenvalue weighted by Crippen LogP contribution is 2.27. The highest BCUT2D eigenvalue weighted by atomic mass is 32.2. The Morgan fingerprint density at radius 3 is 2.75 bits per heavy atom. The van der Waals surface area contributed by atoms with E-state index in [0.29, 0.717) is 22.8 Å². The molecule has 0 bridgehead atoms. The largest absolute Gasteiger partial charge is 0.323 e. The molecule has 140 valence electrons. The molecular formula is C19H15FN6OS. The fourth-order valence-corrected chi connectivity index (χ4v) is 3.48. The Labute approximate surface area is 163 Å². The second kappa shape index (κ2) is 8.05. The minimum Gasteiger partial charge on any atom is -0.308 e. The number of aromatic amines is 1. The molecule has 0 saturated carbocycles. The number of carbonyl (C=O) groups excluding carboxylic acids is 1. The van der Waals surface area contributed by atoms with Crippen LogP contribution in [0.2, 0.25) is 0 Å². The van der Waals surface area contributed by atoms with E-state index in [2.05, 4.69) is 30.8 Å². The fraction of sp³-hybridized carbons (Fsp3) is 0.0526. The van der Waals surface area contributed by atoms with Gasteiger partial charge >= 0.3 is 6.03 Å². The predicted molar refractivity (Wildman–Crippen MR) is 107 cm³/mol. The van der Waals surface area contributed by atoms with E-state index in [-0.39, 0.29) is 5.82 Å². The Balaban J connectivity index is 1.39. The van der Waals surface area contributed by atoms with Crippen molar-refractivity contribution in [1.29, 1.82) is 0 Å². The summed E-state index contributed by atoms with van der Waals surface area (Å²) in [6.07, 6.45) is 3.20. The fourth-order valence-electron chi connectivity index (χ4n) is 2.58. The molecule has 4 rings (SSSR count). The van der Waals surface area contributed by atoms with Gasteiger partial charge < -0.3 is 10.6 Å². The lowest BCUT2D eigenvalue weighted by Gasteiger charge is -2.09. The van der Waals surface area contributed by atoms with Crippen molar-refractivity contribution < 1.29 is 9.18 Å². The first kappa shape index (κ1) is 17.9. The first-order valence-corrected chi connectivity index (χ1v) is 9.35. The average Bonchev–Trinajstić information content (AvgIpc) is 3.18. The number of anilines is 2. The Hall–Kier alpha value is -3.46. The van der Waals surface area contributed by atoms with Gasteiger partial charge in [-0.05, 0) is 42.0 Å². The molecule has 0 unspecified atom stereocenters. The molecule has 2 heterocycles. The van der Waals surface area contributed by atoms with Gasteiger partial charge in [0.2, 0.25) is 0 Å². The third-order valence-corrected chi connectivity index (χ3v) is 4.95. The van der Waals surface area contributed by atoms with E-state index < -0.39 is 6.03 Å². The number of benzene rings is 2. The molecule has 0 aliphatic carbocycles. The number of urea groups is 1. The van der Waals surface area contributed by atoms with E-state index in [0.717, 1.165) is 16.0 Å². The van der Waals surface area contributed by atoms with E-state index in [1.165, 1.54) is 30.6 Å². The van der Waals surface area contributed by atoms with Gasteiger partial charge in [0.25, 0.3) is 0 Å². The summed E-state index contributed by atoms with van der Waals surface area (Å²) in [5, 5.41) is 14.0. The number of amides is 2. The van der Waals surface area contributed by atoms with Crippen molar-refractivity contribution in [2.75, 3.05) is 10.6 Å². The van der Waals surface area contributed by atoms with Gasteiger partial charge in [0.05, 0.1) is 11.6 Å². The molecule has 0 spiro atoms. The van der Waals surface area contributed by atoms with Gasteiger partial charge in [-0.1, -0.05) is 12.1 Å². The van der Waals surface area contributed by atoms with Crippen LogP contribution in [0.5, 0.6) is 0 Å². The third kappa shape index (κ3) is 4.26. The van der Waals surface area contributed by atoms with Crippen molar-refractivity contribution in [2.45, 2.75) is 10.8 Å². The average molecular weight is 394 g/mol. The number of nitrogens with zero attached hydrogens (tertiary/aromatic N) is 3. The number of halogens is 1. The maximum atomic E-state index is 12.9. The molecule has 0 fully saturated rings. The molecular weight excluding hydrogens is 379 g/mol. The normalized spacial score (nSPS) is 10.8. The summed E-state index contributed by atoms with van der Waals surface area (Å²) in [5.74, 6) is 0.319. The van der Waals surface area contributed by atoms with Crippen LogP contribution in [0, 0.1) is 5.82 Å². The first-order chi connectivity index (χ1) is 13.7. The number of thioether (sulfide) groups is 1. The molecule has 2 aromatic carbocycles. The minimum atomic E-state index is -0.396. The maximum absolute atomic E-state index is 12.9. The van der Waals surface area contributed by atoms with Crippen molar-refractivity contribution in [1.82, 2.24) is 20.2 Å². The monoisotopic (exact) mass is 394 g/mol. The van der Waals surface area contributed by atoms with E-state index >= 15 is 0 Å².